The highest BCUT2D eigenvalue weighted by Crippen LogP contribution is 2.31. The summed E-state index contributed by atoms with van der Waals surface area (Å²) in [5.74, 6) is 1.97. The van der Waals surface area contributed by atoms with Crippen molar-refractivity contribution in [3.05, 3.63) is 42.0 Å². The van der Waals surface area contributed by atoms with Crippen molar-refractivity contribution in [2.75, 3.05) is 33.3 Å². The molecule has 0 radical (unpaired) electrons. The van der Waals surface area contributed by atoms with E-state index in [9.17, 15) is 4.79 Å². The van der Waals surface area contributed by atoms with Crippen LogP contribution in [0.2, 0.25) is 0 Å². The molecule has 2 aromatic carbocycles. The van der Waals surface area contributed by atoms with Gasteiger partial charge in [0.2, 0.25) is 0 Å². The van der Waals surface area contributed by atoms with Gasteiger partial charge in [-0.15, -0.1) is 0 Å². The zero-order valence-corrected chi connectivity index (χ0v) is 14.2. The van der Waals surface area contributed by atoms with Crippen molar-refractivity contribution in [1.82, 2.24) is 0 Å². The Hall–Kier alpha value is -2.89. The van der Waals surface area contributed by atoms with E-state index in [1.165, 1.54) is 14.2 Å². The average Bonchev–Trinajstić information content (AvgIpc) is 2.62. The van der Waals surface area contributed by atoms with Crippen LogP contribution in [0.4, 0.5) is 5.69 Å². The van der Waals surface area contributed by atoms with Gasteiger partial charge in [-0.2, -0.15) is 0 Å². The summed E-state index contributed by atoms with van der Waals surface area (Å²) < 4.78 is 21.2. The molecule has 1 amide bonds. The molecule has 0 saturated heterocycles. The molecule has 6 nitrogen and oxygen atoms in total. The van der Waals surface area contributed by atoms with Crippen LogP contribution in [0.5, 0.6) is 23.0 Å². The van der Waals surface area contributed by atoms with Crippen LogP contribution in [0.1, 0.15) is 17.3 Å². The number of hydrogen-bond donors (Lipinski definition) is 1. The zero-order valence-electron chi connectivity index (χ0n) is 14.2. The number of carbonyl (C=O) groups excluding carboxylic acids is 1. The number of methoxy groups -OCH3 is 3. The van der Waals surface area contributed by atoms with Crippen LogP contribution in [0.25, 0.3) is 0 Å². The minimum atomic E-state index is -0.289. The predicted molar refractivity (Wildman–Crippen MR) is 91.7 cm³/mol. The van der Waals surface area contributed by atoms with Gasteiger partial charge in [-0.1, -0.05) is 0 Å². The van der Waals surface area contributed by atoms with Crippen molar-refractivity contribution in [3.63, 3.8) is 0 Å². The fourth-order valence-corrected chi connectivity index (χ4v) is 2.19. The summed E-state index contributed by atoms with van der Waals surface area (Å²) in [7, 11) is 4.63. The Balaban J connectivity index is 2.26. The molecule has 0 atom stereocenters. The van der Waals surface area contributed by atoms with Gasteiger partial charge in [0, 0.05) is 11.6 Å². The van der Waals surface area contributed by atoms with Crippen molar-refractivity contribution >= 4 is 11.6 Å². The van der Waals surface area contributed by atoms with Gasteiger partial charge in [-0.05, 0) is 37.3 Å². The Bertz CT molecular complexity index is 715. The number of ether oxygens (including phenoxy) is 4. The zero-order chi connectivity index (χ0) is 17.5. The Morgan fingerprint density at radius 1 is 0.917 bits per heavy atom. The summed E-state index contributed by atoms with van der Waals surface area (Å²) in [6, 6.07) is 10.2. The maximum atomic E-state index is 12.5. The molecule has 1 N–H and O–H groups in total. The molecule has 2 aromatic rings. The minimum absolute atomic E-state index is 0.289. The van der Waals surface area contributed by atoms with E-state index in [2.05, 4.69) is 5.32 Å². The van der Waals surface area contributed by atoms with Gasteiger partial charge in [0.15, 0.2) is 11.5 Å². The summed E-state index contributed by atoms with van der Waals surface area (Å²) in [5.41, 5.74) is 0.967. The van der Waals surface area contributed by atoms with Crippen molar-refractivity contribution < 1.29 is 23.7 Å². The molecule has 0 aliphatic carbocycles. The molecule has 0 aliphatic heterocycles. The molecule has 0 fully saturated rings. The lowest BCUT2D eigenvalue weighted by Crippen LogP contribution is -2.13. The molecule has 24 heavy (non-hydrogen) atoms. The molecule has 6 heteroatoms. The molecular formula is C18H21NO5. The third-order valence-corrected chi connectivity index (χ3v) is 3.38. The van der Waals surface area contributed by atoms with Crippen LogP contribution in [0, 0.1) is 0 Å². The first kappa shape index (κ1) is 17.5. The van der Waals surface area contributed by atoms with Gasteiger partial charge in [0.05, 0.1) is 33.6 Å². The molecule has 0 spiro atoms. The second kappa shape index (κ2) is 8.10. The van der Waals surface area contributed by atoms with Crippen LogP contribution in [0.15, 0.2) is 36.4 Å². The third-order valence-electron chi connectivity index (χ3n) is 3.38. The first-order valence-corrected chi connectivity index (χ1v) is 7.47. The number of anilines is 1. The molecular weight excluding hydrogens is 310 g/mol. The van der Waals surface area contributed by atoms with Crippen LogP contribution in [-0.4, -0.2) is 33.8 Å². The maximum Gasteiger partial charge on any atom is 0.255 e. The SMILES string of the molecule is CCOc1ccc(C(=O)Nc2cc(OC)ccc2OC)cc1OC. The second-order valence-corrected chi connectivity index (χ2v) is 4.82. The molecule has 0 aliphatic rings. The van der Waals surface area contributed by atoms with E-state index in [-0.39, 0.29) is 5.91 Å². The number of carbonyl (C=O) groups is 1. The largest absolute Gasteiger partial charge is 0.497 e. The van der Waals surface area contributed by atoms with Gasteiger partial charge < -0.3 is 24.3 Å². The predicted octanol–water partition coefficient (Wildman–Crippen LogP) is 3.36. The summed E-state index contributed by atoms with van der Waals surface area (Å²) in [6.07, 6.45) is 0. The first-order valence-electron chi connectivity index (χ1n) is 7.47. The van der Waals surface area contributed by atoms with E-state index in [0.29, 0.717) is 40.9 Å². The quantitative estimate of drug-likeness (QED) is 0.843. The number of amides is 1. The number of hydrogen-bond acceptors (Lipinski definition) is 5. The number of nitrogens with one attached hydrogen (secondary N) is 1. The maximum absolute atomic E-state index is 12.5. The minimum Gasteiger partial charge on any atom is -0.497 e. The van der Waals surface area contributed by atoms with Crippen molar-refractivity contribution in [1.29, 1.82) is 0 Å². The summed E-state index contributed by atoms with van der Waals surface area (Å²) in [4.78, 5) is 12.5. The summed E-state index contributed by atoms with van der Waals surface area (Å²) in [5, 5.41) is 2.81. The van der Waals surface area contributed by atoms with Crippen LogP contribution < -0.4 is 24.3 Å². The van der Waals surface area contributed by atoms with Gasteiger partial charge in [-0.25, -0.2) is 0 Å². The lowest BCUT2D eigenvalue weighted by Gasteiger charge is -2.13. The van der Waals surface area contributed by atoms with Gasteiger partial charge in [-0.3, -0.25) is 4.79 Å². The van der Waals surface area contributed by atoms with E-state index in [0.717, 1.165) is 0 Å². The molecule has 0 aromatic heterocycles. The van der Waals surface area contributed by atoms with Gasteiger partial charge in [0.1, 0.15) is 11.5 Å². The molecule has 0 unspecified atom stereocenters. The van der Waals surface area contributed by atoms with E-state index in [4.69, 9.17) is 18.9 Å². The molecule has 0 heterocycles. The van der Waals surface area contributed by atoms with Crippen molar-refractivity contribution in [2.24, 2.45) is 0 Å². The lowest BCUT2D eigenvalue weighted by atomic mass is 10.1. The van der Waals surface area contributed by atoms with Crippen LogP contribution >= 0.6 is 0 Å². The normalized spacial score (nSPS) is 10.0. The van der Waals surface area contributed by atoms with Gasteiger partial charge in [0.25, 0.3) is 5.91 Å². The van der Waals surface area contributed by atoms with Crippen molar-refractivity contribution in [2.45, 2.75) is 6.92 Å². The molecule has 0 bridgehead atoms. The highest BCUT2D eigenvalue weighted by atomic mass is 16.5. The monoisotopic (exact) mass is 331 g/mol. The molecule has 2 rings (SSSR count). The van der Waals surface area contributed by atoms with E-state index in [1.807, 2.05) is 6.92 Å². The van der Waals surface area contributed by atoms with Gasteiger partial charge >= 0.3 is 0 Å². The topological polar surface area (TPSA) is 66.0 Å². The van der Waals surface area contributed by atoms with Crippen LogP contribution in [-0.2, 0) is 0 Å². The smallest absolute Gasteiger partial charge is 0.255 e. The Morgan fingerprint density at radius 3 is 2.25 bits per heavy atom. The Kier molecular flexibility index (Phi) is 5.89. The molecule has 0 saturated carbocycles. The fourth-order valence-electron chi connectivity index (χ4n) is 2.19. The highest BCUT2D eigenvalue weighted by Gasteiger charge is 2.14. The first-order chi connectivity index (χ1) is 11.6. The highest BCUT2D eigenvalue weighted by molar-refractivity contribution is 6.05. The van der Waals surface area contributed by atoms with E-state index in [1.54, 1.807) is 43.5 Å². The fraction of sp³-hybridized carbons (Fsp3) is 0.278. The molecule has 128 valence electrons. The van der Waals surface area contributed by atoms with E-state index < -0.39 is 0 Å². The lowest BCUT2D eigenvalue weighted by molar-refractivity contribution is 0.102. The third kappa shape index (κ3) is 3.90. The summed E-state index contributed by atoms with van der Waals surface area (Å²) in [6.45, 7) is 2.40. The Labute approximate surface area is 141 Å². The second-order valence-electron chi connectivity index (χ2n) is 4.82. The van der Waals surface area contributed by atoms with E-state index >= 15 is 0 Å². The number of benzene rings is 2. The standard InChI is InChI=1S/C18H21NO5/c1-5-24-16-8-6-12(10-17(16)23-4)18(20)19-14-11-13(21-2)7-9-15(14)22-3/h6-11H,5H2,1-4H3,(H,19,20). The van der Waals surface area contributed by atoms with Crippen molar-refractivity contribution in [3.8, 4) is 23.0 Å². The number of rotatable bonds is 7. The van der Waals surface area contributed by atoms with Crippen LogP contribution in [0.3, 0.4) is 0 Å². The average molecular weight is 331 g/mol. The summed E-state index contributed by atoms with van der Waals surface area (Å²) >= 11 is 0. The Morgan fingerprint density at radius 2 is 1.62 bits per heavy atom.